The number of nitrogens with zero attached hydrogens (tertiary/aromatic N) is 3. The minimum Gasteiger partial charge on any atom is -0.349 e. The Bertz CT molecular complexity index is 998. The van der Waals surface area contributed by atoms with E-state index in [0.29, 0.717) is 12.1 Å². The zero-order chi connectivity index (χ0) is 22.5. The topological polar surface area (TPSA) is 74.7 Å². The summed E-state index contributed by atoms with van der Waals surface area (Å²) in [5, 5.41) is 3.08. The Labute approximate surface area is 189 Å². The van der Waals surface area contributed by atoms with Crippen LogP contribution in [-0.4, -0.2) is 58.9 Å². The molecular formula is C25H32N4O3. The van der Waals surface area contributed by atoms with Gasteiger partial charge in [-0.1, -0.05) is 49.6 Å². The summed E-state index contributed by atoms with van der Waals surface area (Å²) in [6.07, 6.45) is 6.99. The van der Waals surface area contributed by atoms with Gasteiger partial charge in [0.1, 0.15) is 6.54 Å². The van der Waals surface area contributed by atoms with E-state index in [1.54, 1.807) is 6.07 Å². The van der Waals surface area contributed by atoms with Crippen LogP contribution in [0.3, 0.4) is 0 Å². The molecule has 1 aromatic carbocycles. The smallest absolute Gasteiger partial charge is 0.252 e. The molecule has 2 aromatic rings. The molecule has 1 aromatic heterocycles. The van der Waals surface area contributed by atoms with E-state index in [9.17, 15) is 14.4 Å². The number of likely N-dealkylation sites (N-methyl/N-ethyl adjacent to an activating group) is 1. The quantitative estimate of drug-likeness (QED) is 0.781. The summed E-state index contributed by atoms with van der Waals surface area (Å²) >= 11 is 0. The number of nitrogens with one attached hydrogen (secondary N) is 1. The van der Waals surface area contributed by atoms with E-state index in [0.717, 1.165) is 44.3 Å². The highest BCUT2D eigenvalue weighted by Gasteiger charge is 2.30. The van der Waals surface area contributed by atoms with Crippen molar-refractivity contribution in [3.05, 3.63) is 70.1 Å². The maximum atomic E-state index is 13.3. The van der Waals surface area contributed by atoms with Crippen LogP contribution in [0.4, 0.5) is 0 Å². The molecule has 0 spiro atoms. The number of carbonyl (C=O) groups is 2. The first-order valence-electron chi connectivity index (χ1n) is 11.6. The first-order valence-corrected chi connectivity index (χ1v) is 11.6. The van der Waals surface area contributed by atoms with Gasteiger partial charge in [-0.3, -0.25) is 14.4 Å². The molecule has 7 nitrogen and oxygen atoms in total. The molecule has 1 N–H and O–H groups in total. The normalized spacial score (nSPS) is 20.2. The lowest BCUT2D eigenvalue weighted by Crippen LogP contribution is -2.50. The molecular weight excluding hydrogens is 404 g/mol. The molecule has 1 unspecified atom stereocenters. The van der Waals surface area contributed by atoms with E-state index in [1.165, 1.54) is 23.3 Å². The summed E-state index contributed by atoms with van der Waals surface area (Å²) < 4.78 is 1.36. The fraction of sp³-hybridized carbons (Fsp3) is 0.480. The maximum absolute atomic E-state index is 13.3. The van der Waals surface area contributed by atoms with Crippen LogP contribution in [0.5, 0.6) is 0 Å². The van der Waals surface area contributed by atoms with Crippen LogP contribution in [0.15, 0.2) is 53.5 Å². The summed E-state index contributed by atoms with van der Waals surface area (Å²) in [6.45, 7) is 2.06. The summed E-state index contributed by atoms with van der Waals surface area (Å²) in [6, 6.07) is 13.0. The third kappa shape index (κ3) is 5.27. The van der Waals surface area contributed by atoms with Gasteiger partial charge in [0.05, 0.1) is 11.6 Å². The van der Waals surface area contributed by atoms with Crippen LogP contribution in [0, 0.1) is 0 Å². The lowest BCUT2D eigenvalue weighted by Gasteiger charge is -2.40. The molecule has 1 aliphatic carbocycles. The van der Waals surface area contributed by atoms with Gasteiger partial charge in [-0.2, -0.15) is 0 Å². The molecule has 1 aliphatic heterocycles. The highest BCUT2D eigenvalue weighted by molar-refractivity contribution is 5.94. The number of carbonyl (C=O) groups excluding carboxylic acids is 2. The monoisotopic (exact) mass is 436 g/mol. The molecule has 1 atom stereocenters. The highest BCUT2D eigenvalue weighted by atomic mass is 16.2. The molecule has 0 radical (unpaired) electrons. The molecule has 2 amide bonds. The van der Waals surface area contributed by atoms with E-state index in [1.807, 2.05) is 35.2 Å². The molecule has 2 heterocycles. The minimum atomic E-state index is -0.280. The Morgan fingerprint density at radius 2 is 1.75 bits per heavy atom. The van der Waals surface area contributed by atoms with Crippen LogP contribution >= 0.6 is 0 Å². The lowest BCUT2D eigenvalue weighted by atomic mass is 9.95. The van der Waals surface area contributed by atoms with Crippen molar-refractivity contribution in [2.45, 2.75) is 50.7 Å². The van der Waals surface area contributed by atoms with E-state index >= 15 is 0 Å². The Balaban J connectivity index is 1.48. The standard InChI is InChI=1S/C25H32N4O3/c1-27-14-15-29(22(17-27)19-8-4-2-5-9-19)24(31)18-28-16-20(12-13-23(28)30)25(32)26-21-10-6-3-7-11-21/h2,4-5,8-9,12-13,16,21-22H,3,6-7,10-11,14-15,17-18H2,1H3,(H,26,32). The Hall–Kier alpha value is -2.93. The summed E-state index contributed by atoms with van der Waals surface area (Å²) in [7, 11) is 2.05. The van der Waals surface area contributed by atoms with Gasteiger partial charge in [-0.05, 0) is 31.5 Å². The Kier molecular flexibility index (Phi) is 7.05. The second-order valence-corrected chi connectivity index (χ2v) is 8.97. The van der Waals surface area contributed by atoms with Crippen LogP contribution in [0.1, 0.15) is 54.1 Å². The molecule has 2 aliphatic rings. The predicted octanol–water partition coefficient (Wildman–Crippen LogP) is 2.43. The third-order valence-electron chi connectivity index (χ3n) is 6.58. The highest BCUT2D eigenvalue weighted by Crippen LogP contribution is 2.25. The molecule has 0 bridgehead atoms. The van der Waals surface area contributed by atoms with E-state index in [4.69, 9.17) is 0 Å². The number of pyridine rings is 1. The van der Waals surface area contributed by atoms with Gasteiger partial charge in [-0.25, -0.2) is 0 Å². The van der Waals surface area contributed by atoms with E-state index in [-0.39, 0.29) is 36.0 Å². The lowest BCUT2D eigenvalue weighted by molar-refractivity contribution is -0.136. The largest absolute Gasteiger partial charge is 0.349 e. The number of hydrogen-bond donors (Lipinski definition) is 1. The van der Waals surface area contributed by atoms with E-state index in [2.05, 4.69) is 17.3 Å². The van der Waals surface area contributed by atoms with Gasteiger partial charge in [0.2, 0.25) is 5.91 Å². The average molecular weight is 437 g/mol. The van der Waals surface area contributed by atoms with Crippen LogP contribution in [0.2, 0.25) is 0 Å². The SMILES string of the molecule is CN1CCN(C(=O)Cn2cc(C(=O)NC3CCCCC3)ccc2=O)C(c2ccccc2)C1. The number of aromatic nitrogens is 1. The molecule has 32 heavy (non-hydrogen) atoms. The zero-order valence-electron chi connectivity index (χ0n) is 18.7. The van der Waals surface area contributed by atoms with Crippen molar-refractivity contribution in [3.8, 4) is 0 Å². The van der Waals surface area contributed by atoms with E-state index < -0.39 is 0 Å². The van der Waals surface area contributed by atoms with Crippen LogP contribution in [-0.2, 0) is 11.3 Å². The molecule has 1 saturated carbocycles. The van der Waals surface area contributed by atoms with Crippen molar-refractivity contribution in [1.29, 1.82) is 0 Å². The molecule has 4 rings (SSSR count). The molecule has 1 saturated heterocycles. The van der Waals surface area contributed by atoms with Crippen molar-refractivity contribution in [1.82, 2.24) is 19.7 Å². The minimum absolute atomic E-state index is 0.0593. The van der Waals surface area contributed by atoms with Crippen LogP contribution < -0.4 is 10.9 Å². The van der Waals surface area contributed by atoms with Gasteiger partial charge in [0.15, 0.2) is 0 Å². The number of rotatable bonds is 5. The van der Waals surface area contributed by atoms with Crippen molar-refractivity contribution < 1.29 is 9.59 Å². The second-order valence-electron chi connectivity index (χ2n) is 8.97. The number of benzene rings is 1. The maximum Gasteiger partial charge on any atom is 0.252 e. The Morgan fingerprint density at radius 3 is 2.50 bits per heavy atom. The van der Waals surface area contributed by atoms with Crippen LogP contribution in [0.25, 0.3) is 0 Å². The zero-order valence-corrected chi connectivity index (χ0v) is 18.7. The van der Waals surface area contributed by atoms with Gasteiger partial charge in [0.25, 0.3) is 11.5 Å². The summed E-state index contributed by atoms with van der Waals surface area (Å²) in [5.41, 5.74) is 1.22. The third-order valence-corrected chi connectivity index (χ3v) is 6.58. The predicted molar refractivity (Wildman–Crippen MR) is 123 cm³/mol. The first kappa shape index (κ1) is 22.3. The second kappa shape index (κ2) is 10.1. The van der Waals surface area contributed by atoms with Gasteiger partial charge in [0, 0.05) is 37.9 Å². The summed E-state index contributed by atoms with van der Waals surface area (Å²) in [5.74, 6) is -0.293. The van der Waals surface area contributed by atoms with Crippen molar-refractivity contribution in [2.24, 2.45) is 0 Å². The number of hydrogen-bond acceptors (Lipinski definition) is 4. The fourth-order valence-corrected chi connectivity index (χ4v) is 4.72. The summed E-state index contributed by atoms with van der Waals surface area (Å²) in [4.78, 5) is 42.5. The number of piperazine rings is 1. The molecule has 7 heteroatoms. The fourth-order valence-electron chi connectivity index (χ4n) is 4.72. The van der Waals surface area contributed by atoms with Gasteiger partial charge < -0.3 is 19.7 Å². The Morgan fingerprint density at radius 1 is 1.00 bits per heavy atom. The van der Waals surface area contributed by atoms with Gasteiger partial charge >= 0.3 is 0 Å². The van der Waals surface area contributed by atoms with Crippen molar-refractivity contribution >= 4 is 11.8 Å². The molecule has 2 fully saturated rings. The van der Waals surface area contributed by atoms with Crippen molar-refractivity contribution in [2.75, 3.05) is 26.7 Å². The van der Waals surface area contributed by atoms with Crippen molar-refractivity contribution in [3.63, 3.8) is 0 Å². The average Bonchev–Trinajstić information content (AvgIpc) is 2.81. The number of amides is 2. The first-order chi connectivity index (χ1) is 15.5. The van der Waals surface area contributed by atoms with Gasteiger partial charge in [-0.15, -0.1) is 0 Å². The molecule has 170 valence electrons.